The van der Waals surface area contributed by atoms with Crippen LogP contribution in [0.1, 0.15) is 65.8 Å². The molecule has 188 valence electrons. The van der Waals surface area contributed by atoms with E-state index < -0.39 is 0 Å². The third-order valence-corrected chi connectivity index (χ3v) is 7.91. The number of aromatic nitrogens is 3. The number of halogens is 1. The second kappa shape index (κ2) is 9.53. The molecule has 1 saturated heterocycles. The van der Waals surface area contributed by atoms with Gasteiger partial charge in [-0.15, -0.1) is 0 Å². The molecule has 6 rings (SSSR count). The SMILES string of the molecule is CN1CCNC(=O)COc2ccc(I)cc2C(=O)N2CCCC[C@H]2c2cc3nc(C4CC4)cc1n3n2. The van der Waals surface area contributed by atoms with Crippen molar-refractivity contribution in [2.45, 2.75) is 44.1 Å². The van der Waals surface area contributed by atoms with Crippen LogP contribution in [-0.4, -0.2) is 64.6 Å². The number of carbonyl (C=O) groups excluding carboxylic acids is 2. The Labute approximate surface area is 223 Å². The van der Waals surface area contributed by atoms with Gasteiger partial charge in [0.05, 0.1) is 17.3 Å². The zero-order valence-corrected chi connectivity index (χ0v) is 22.4. The van der Waals surface area contributed by atoms with Crippen LogP contribution in [0.15, 0.2) is 30.3 Å². The second-order valence-electron chi connectivity index (χ2n) is 9.86. The van der Waals surface area contributed by atoms with Gasteiger partial charge in [-0.25, -0.2) is 4.98 Å². The zero-order valence-electron chi connectivity index (χ0n) is 20.2. The van der Waals surface area contributed by atoms with E-state index in [4.69, 9.17) is 14.8 Å². The molecule has 3 aromatic rings. The Bertz CT molecular complexity index is 1340. The third kappa shape index (κ3) is 4.51. The normalized spacial score (nSPS) is 21.2. The number of carbonyl (C=O) groups is 2. The van der Waals surface area contributed by atoms with E-state index in [1.807, 2.05) is 34.7 Å². The van der Waals surface area contributed by atoms with E-state index in [0.717, 1.165) is 58.5 Å². The van der Waals surface area contributed by atoms with Crippen molar-refractivity contribution >= 4 is 45.9 Å². The van der Waals surface area contributed by atoms with Gasteiger partial charge in [-0.3, -0.25) is 9.59 Å². The average Bonchev–Trinajstić information content (AvgIpc) is 3.65. The summed E-state index contributed by atoms with van der Waals surface area (Å²) in [6, 6.07) is 9.53. The Hall–Kier alpha value is -2.89. The highest BCUT2D eigenvalue weighted by molar-refractivity contribution is 14.1. The smallest absolute Gasteiger partial charge is 0.258 e. The quantitative estimate of drug-likeness (QED) is 0.430. The molecular formula is C26H29IN6O3. The van der Waals surface area contributed by atoms with Crippen LogP contribution in [0.3, 0.4) is 0 Å². The van der Waals surface area contributed by atoms with Crippen LogP contribution in [-0.2, 0) is 4.79 Å². The first kappa shape index (κ1) is 23.5. The molecule has 10 heteroatoms. The highest BCUT2D eigenvalue weighted by atomic mass is 127. The van der Waals surface area contributed by atoms with Crippen LogP contribution in [0.5, 0.6) is 5.75 Å². The lowest BCUT2D eigenvalue weighted by molar-refractivity contribution is -0.123. The fraction of sp³-hybridized carbons (Fsp3) is 0.462. The number of rotatable bonds is 1. The van der Waals surface area contributed by atoms with Crippen molar-refractivity contribution in [3.63, 3.8) is 0 Å². The highest BCUT2D eigenvalue weighted by Crippen LogP contribution is 2.41. The molecule has 1 atom stereocenters. The zero-order chi connectivity index (χ0) is 24.8. The number of nitrogens with one attached hydrogen (secondary N) is 1. The molecule has 2 amide bonds. The maximum atomic E-state index is 13.9. The minimum atomic E-state index is -0.219. The molecule has 1 saturated carbocycles. The molecule has 2 bridgehead atoms. The third-order valence-electron chi connectivity index (χ3n) is 7.24. The number of amides is 2. The van der Waals surface area contributed by atoms with E-state index >= 15 is 0 Å². The minimum absolute atomic E-state index is 0.0956. The van der Waals surface area contributed by atoms with E-state index in [9.17, 15) is 9.59 Å². The van der Waals surface area contributed by atoms with Crippen molar-refractivity contribution in [1.29, 1.82) is 0 Å². The Morgan fingerprint density at radius 2 is 1.92 bits per heavy atom. The number of hydrogen-bond donors (Lipinski definition) is 1. The summed E-state index contributed by atoms with van der Waals surface area (Å²) in [6.07, 6.45) is 5.14. The lowest BCUT2D eigenvalue weighted by atomic mass is 9.98. The Kier molecular flexibility index (Phi) is 6.22. The van der Waals surface area contributed by atoms with Gasteiger partial charge in [0.2, 0.25) is 0 Å². The first-order chi connectivity index (χ1) is 17.5. The molecule has 4 heterocycles. The molecule has 1 N–H and O–H groups in total. The van der Waals surface area contributed by atoms with Gasteiger partial charge in [-0.05, 0) is 72.9 Å². The van der Waals surface area contributed by atoms with E-state index in [1.165, 1.54) is 0 Å². The standard InChI is InChI=1S/C26H29IN6O3/c1-31-11-9-28-24(34)15-36-22-8-7-17(27)12-18(22)26(35)32-10-3-2-4-21(32)20-13-23-29-19(16-5-6-16)14-25(31)33(23)30-20/h7-8,12-14,16,21H,2-6,9-11,15H2,1H3,(H,28,34)/t21-/m0/s1. The molecule has 0 spiro atoms. The summed E-state index contributed by atoms with van der Waals surface area (Å²) in [5, 5.41) is 7.93. The summed E-state index contributed by atoms with van der Waals surface area (Å²) in [7, 11) is 2.01. The highest BCUT2D eigenvalue weighted by Gasteiger charge is 2.33. The number of likely N-dealkylation sites (N-methyl/N-ethyl adjacent to an activating group) is 1. The maximum Gasteiger partial charge on any atom is 0.258 e. The van der Waals surface area contributed by atoms with Gasteiger partial charge in [0.1, 0.15) is 11.6 Å². The number of hydrogen-bond acceptors (Lipinski definition) is 6. The predicted octanol–water partition coefficient (Wildman–Crippen LogP) is 3.52. The van der Waals surface area contributed by atoms with Crippen molar-refractivity contribution in [2.24, 2.45) is 0 Å². The number of fused-ring (bicyclic) bond motifs is 4. The van der Waals surface area contributed by atoms with Gasteiger partial charge in [0.25, 0.3) is 11.8 Å². The molecule has 9 nitrogen and oxygen atoms in total. The van der Waals surface area contributed by atoms with Crippen molar-refractivity contribution in [2.75, 3.05) is 38.2 Å². The first-order valence-corrected chi connectivity index (χ1v) is 13.7. The van der Waals surface area contributed by atoms with Gasteiger partial charge < -0.3 is 19.9 Å². The molecule has 0 radical (unpaired) electrons. The van der Waals surface area contributed by atoms with Crippen LogP contribution in [0.4, 0.5) is 5.82 Å². The number of anilines is 1. The summed E-state index contributed by atoms with van der Waals surface area (Å²) < 4.78 is 8.69. The van der Waals surface area contributed by atoms with Crippen LogP contribution in [0.2, 0.25) is 0 Å². The molecule has 0 unspecified atom stereocenters. The Morgan fingerprint density at radius 1 is 1.06 bits per heavy atom. The Morgan fingerprint density at radius 3 is 2.75 bits per heavy atom. The van der Waals surface area contributed by atoms with Gasteiger partial charge in [-0.1, -0.05) is 0 Å². The van der Waals surface area contributed by atoms with Crippen molar-refractivity contribution in [3.05, 3.63) is 50.9 Å². The van der Waals surface area contributed by atoms with Gasteiger partial charge in [0, 0.05) is 54.0 Å². The number of nitrogens with zero attached hydrogens (tertiary/aromatic N) is 5. The molecule has 2 aromatic heterocycles. The first-order valence-electron chi connectivity index (χ1n) is 12.6. The average molecular weight is 600 g/mol. The lowest BCUT2D eigenvalue weighted by Gasteiger charge is -2.35. The molecule has 2 aliphatic heterocycles. The largest absolute Gasteiger partial charge is 0.483 e. The van der Waals surface area contributed by atoms with E-state index in [1.54, 1.807) is 6.07 Å². The van der Waals surface area contributed by atoms with E-state index in [2.05, 4.69) is 38.9 Å². The molecule has 2 fully saturated rings. The monoisotopic (exact) mass is 600 g/mol. The fourth-order valence-electron chi connectivity index (χ4n) is 5.12. The summed E-state index contributed by atoms with van der Waals surface area (Å²) in [5.74, 6) is 1.56. The number of ether oxygens (including phenoxy) is 1. The summed E-state index contributed by atoms with van der Waals surface area (Å²) in [4.78, 5) is 35.4. The second-order valence-corrected chi connectivity index (χ2v) is 11.1. The minimum Gasteiger partial charge on any atom is -0.483 e. The van der Waals surface area contributed by atoms with Crippen LogP contribution >= 0.6 is 22.6 Å². The van der Waals surface area contributed by atoms with Crippen LogP contribution in [0, 0.1) is 3.57 Å². The molecule has 3 aliphatic rings. The number of benzene rings is 1. The van der Waals surface area contributed by atoms with Gasteiger partial charge in [0.15, 0.2) is 12.3 Å². The lowest BCUT2D eigenvalue weighted by Crippen LogP contribution is -2.39. The Balaban J connectivity index is 1.47. The summed E-state index contributed by atoms with van der Waals surface area (Å²) in [6.45, 7) is 1.59. The van der Waals surface area contributed by atoms with Crippen molar-refractivity contribution in [3.8, 4) is 5.75 Å². The van der Waals surface area contributed by atoms with Gasteiger partial charge in [-0.2, -0.15) is 9.61 Å². The predicted molar refractivity (Wildman–Crippen MR) is 144 cm³/mol. The summed E-state index contributed by atoms with van der Waals surface area (Å²) >= 11 is 2.20. The molecule has 1 aliphatic carbocycles. The maximum absolute atomic E-state index is 13.9. The molecular weight excluding hydrogens is 571 g/mol. The van der Waals surface area contributed by atoms with Crippen molar-refractivity contribution < 1.29 is 14.3 Å². The summed E-state index contributed by atoms with van der Waals surface area (Å²) in [5.41, 5.74) is 3.24. The van der Waals surface area contributed by atoms with E-state index in [-0.39, 0.29) is 24.5 Å². The van der Waals surface area contributed by atoms with Crippen LogP contribution < -0.4 is 15.0 Å². The fourth-order valence-corrected chi connectivity index (χ4v) is 5.61. The van der Waals surface area contributed by atoms with Crippen LogP contribution in [0.25, 0.3) is 5.65 Å². The number of piperidine rings is 1. The molecule has 1 aromatic carbocycles. The van der Waals surface area contributed by atoms with Gasteiger partial charge >= 0.3 is 0 Å². The van der Waals surface area contributed by atoms with Crippen molar-refractivity contribution in [1.82, 2.24) is 24.8 Å². The molecule has 36 heavy (non-hydrogen) atoms. The van der Waals surface area contributed by atoms with E-state index in [0.29, 0.717) is 36.9 Å². The topological polar surface area (TPSA) is 92.1 Å².